The number of nitrogens with one attached hydrogen (secondary N) is 3. The van der Waals surface area contributed by atoms with E-state index in [9.17, 15) is 14.3 Å². The molecule has 13 heteroatoms. The number of amides is 1. The van der Waals surface area contributed by atoms with E-state index in [0.717, 1.165) is 85.7 Å². The minimum Gasteiger partial charge on any atom is -0.378 e. The Bertz CT molecular complexity index is 1740. The van der Waals surface area contributed by atoms with Crippen LogP contribution in [0.5, 0.6) is 0 Å². The summed E-state index contributed by atoms with van der Waals surface area (Å²) in [6.07, 6.45) is 6.34. The highest BCUT2D eigenvalue weighted by molar-refractivity contribution is 6.03. The molecule has 0 saturated carbocycles. The molecule has 0 aliphatic carbocycles. The third-order valence-electron chi connectivity index (χ3n) is 9.29. The number of aromatic amines is 1. The van der Waals surface area contributed by atoms with Crippen LogP contribution in [0.4, 0.5) is 15.9 Å². The number of pyridine rings is 1. The molecule has 3 aliphatic heterocycles. The van der Waals surface area contributed by atoms with Gasteiger partial charge < -0.3 is 25.0 Å². The number of nitrogens with zero attached hydrogens (tertiary/aromatic N) is 6. The number of aliphatic hydroxyl groups is 1. The Morgan fingerprint density at radius 3 is 2.65 bits per heavy atom. The summed E-state index contributed by atoms with van der Waals surface area (Å²) in [4.78, 5) is 36.5. The summed E-state index contributed by atoms with van der Waals surface area (Å²) in [7, 11) is 0. The lowest BCUT2D eigenvalue weighted by Gasteiger charge is -2.34. The Balaban J connectivity index is 0.940. The first-order valence-corrected chi connectivity index (χ1v) is 16.8. The van der Waals surface area contributed by atoms with Gasteiger partial charge in [-0.15, -0.1) is 0 Å². The van der Waals surface area contributed by atoms with Crippen LogP contribution >= 0.6 is 0 Å². The van der Waals surface area contributed by atoms with Crippen LogP contribution in [-0.2, 0) is 11.3 Å². The zero-order valence-electron chi connectivity index (χ0n) is 26.9. The molecule has 3 aliphatic rings. The standard InChI is InChI=1S/C35H42FN9O3/c36-29(9-14-43-12-2-13-43)34(46)41-27-3-1-11-44(22-27)21-24-8-10-37-31(19-24)35(47)40-26-6-4-25(5-7-26)30-20-28-32(42-30)38-23-39-33(28)45-15-17-48-18-16-45/h4-10,19-20,23,27,34,41,46H,1-3,11-18,21-22H2,(H,40,47)(H,38,39,42)/b29-9-. The summed E-state index contributed by atoms with van der Waals surface area (Å²) >= 11 is 0. The monoisotopic (exact) mass is 655 g/mol. The summed E-state index contributed by atoms with van der Waals surface area (Å²) in [5.74, 6) is 0.0859. The lowest BCUT2D eigenvalue weighted by atomic mass is 10.0. The van der Waals surface area contributed by atoms with Gasteiger partial charge in [-0.3, -0.25) is 24.9 Å². The van der Waals surface area contributed by atoms with E-state index in [2.05, 4.69) is 51.3 Å². The second kappa shape index (κ2) is 14.9. The largest absolute Gasteiger partial charge is 0.378 e. The Morgan fingerprint density at radius 1 is 1.04 bits per heavy atom. The van der Waals surface area contributed by atoms with Crippen molar-refractivity contribution in [2.75, 3.05) is 69.2 Å². The third kappa shape index (κ3) is 7.71. The third-order valence-corrected chi connectivity index (χ3v) is 9.29. The van der Waals surface area contributed by atoms with Crippen molar-refractivity contribution in [1.82, 2.24) is 35.1 Å². The maximum atomic E-state index is 14.5. The average molecular weight is 656 g/mol. The number of anilines is 2. The van der Waals surface area contributed by atoms with Crippen molar-refractivity contribution in [2.24, 2.45) is 0 Å². The first-order valence-electron chi connectivity index (χ1n) is 16.8. The first kappa shape index (κ1) is 32.3. The van der Waals surface area contributed by atoms with Crippen molar-refractivity contribution in [2.45, 2.75) is 38.1 Å². The molecule has 6 heterocycles. The lowest BCUT2D eigenvalue weighted by molar-refractivity contribution is 0.0980. The molecule has 4 aromatic rings. The van der Waals surface area contributed by atoms with Gasteiger partial charge in [-0.1, -0.05) is 12.1 Å². The molecule has 1 aromatic carbocycles. The maximum Gasteiger partial charge on any atom is 0.274 e. The number of aromatic nitrogens is 4. The van der Waals surface area contributed by atoms with Gasteiger partial charge in [0.05, 0.1) is 18.6 Å². The summed E-state index contributed by atoms with van der Waals surface area (Å²) in [6.45, 7) is 7.62. The van der Waals surface area contributed by atoms with Crippen LogP contribution in [0.3, 0.4) is 0 Å². The highest BCUT2D eigenvalue weighted by Gasteiger charge is 2.24. The molecule has 4 N–H and O–H groups in total. The number of carbonyl (C=O) groups is 1. The number of halogens is 1. The molecule has 3 fully saturated rings. The van der Waals surface area contributed by atoms with Crippen molar-refractivity contribution in [3.05, 3.63) is 78.1 Å². The number of hydrogen-bond donors (Lipinski definition) is 4. The molecule has 252 valence electrons. The van der Waals surface area contributed by atoms with Crippen molar-refractivity contribution in [1.29, 1.82) is 0 Å². The van der Waals surface area contributed by atoms with Gasteiger partial charge in [-0.2, -0.15) is 0 Å². The van der Waals surface area contributed by atoms with Gasteiger partial charge in [-0.25, -0.2) is 14.4 Å². The summed E-state index contributed by atoms with van der Waals surface area (Å²) in [5, 5.41) is 17.3. The van der Waals surface area contributed by atoms with Crippen LogP contribution < -0.4 is 15.5 Å². The van der Waals surface area contributed by atoms with E-state index in [0.29, 0.717) is 44.2 Å². The smallest absolute Gasteiger partial charge is 0.274 e. The van der Waals surface area contributed by atoms with E-state index in [1.54, 1.807) is 12.5 Å². The van der Waals surface area contributed by atoms with Crippen LogP contribution in [0.25, 0.3) is 22.3 Å². The number of piperidine rings is 1. The summed E-state index contributed by atoms with van der Waals surface area (Å²) in [5.41, 5.74) is 4.61. The summed E-state index contributed by atoms with van der Waals surface area (Å²) < 4.78 is 20.0. The van der Waals surface area contributed by atoms with E-state index < -0.39 is 12.1 Å². The minimum absolute atomic E-state index is 0.0337. The topological polar surface area (TPSA) is 135 Å². The number of ether oxygens (including phenoxy) is 1. The Hall–Kier alpha value is -4.27. The SMILES string of the molecule is O=C(Nc1ccc(-c2cc3c(N4CCOCC4)ncnc3[nH]2)cc1)c1cc(CN2CCCC(NC(O)/C(F)=C/CN3CCC3)C2)ccn1. The number of H-pyrrole nitrogens is 1. The molecule has 3 aromatic heterocycles. The summed E-state index contributed by atoms with van der Waals surface area (Å²) in [6, 6.07) is 13.4. The van der Waals surface area contributed by atoms with Gasteiger partial charge in [0.2, 0.25) is 0 Å². The van der Waals surface area contributed by atoms with Gasteiger partial charge in [-0.05, 0) is 86.4 Å². The van der Waals surface area contributed by atoms with Gasteiger partial charge in [0, 0.05) is 56.3 Å². The van der Waals surface area contributed by atoms with E-state index in [1.807, 2.05) is 36.4 Å². The maximum absolute atomic E-state index is 14.5. The van der Waals surface area contributed by atoms with Crippen molar-refractivity contribution < 1.29 is 19.0 Å². The normalized spacial score (nSPS) is 20.1. The lowest BCUT2D eigenvalue weighted by Crippen LogP contribution is -2.49. The molecule has 0 spiro atoms. The molecule has 0 bridgehead atoms. The predicted octanol–water partition coefficient (Wildman–Crippen LogP) is 3.54. The molecule has 7 rings (SSSR count). The quantitative estimate of drug-likeness (QED) is 0.178. The van der Waals surface area contributed by atoms with Crippen LogP contribution in [0.15, 0.2) is 66.9 Å². The number of rotatable bonds is 11. The fourth-order valence-electron chi connectivity index (χ4n) is 6.52. The number of morpholine rings is 1. The average Bonchev–Trinajstić information content (AvgIpc) is 3.53. The van der Waals surface area contributed by atoms with E-state index in [-0.39, 0.29) is 11.9 Å². The molecule has 1 amide bonds. The molecule has 48 heavy (non-hydrogen) atoms. The molecule has 0 radical (unpaired) electrons. The zero-order chi connectivity index (χ0) is 32.9. The molecular formula is C35H42FN9O3. The van der Waals surface area contributed by atoms with Crippen molar-refractivity contribution in [3.63, 3.8) is 0 Å². The number of benzene rings is 1. The van der Waals surface area contributed by atoms with Crippen LogP contribution in [-0.4, -0.2) is 112 Å². The van der Waals surface area contributed by atoms with Crippen LogP contribution in [0.2, 0.25) is 0 Å². The van der Waals surface area contributed by atoms with Gasteiger partial charge in [0.1, 0.15) is 29.3 Å². The van der Waals surface area contributed by atoms with E-state index in [4.69, 9.17) is 4.74 Å². The second-order valence-electron chi connectivity index (χ2n) is 12.7. The molecule has 2 unspecified atom stereocenters. The van der Waals surface area contributed by atoms with Gasteiger partial charge in [0.25, 0.3) is 5.91 Å². The zero-order valence-corrected chi connectivity index (χ0v) is 26.9. The van der Waals surface area contributed by atoms with Crippen LogP contribution in [0.1, 0.15) is 35.3 Å². The van der Waals surface area contributed by atoms with E-state index >= 15 is 0 Å². The molecule has 2 atom stereocenters. The Kier molecular flexibility index (Phi) is 10.0. The number of fused-ring (bicyclic) bond motifs is 1. The van der Waals surface area contributed by atoms with Crippen molar-refractivity contribution in [3.8, 4) is 11.3 Å². The fraction of sp³-hybridized carbons (Fsp3) is 0.429. The predicted molar refractivity (Wildman–Crippen MR) is 182 cm³/mol. The number of hydrogen-bond acceptors (Lipinski definition) is 10. The molecule has 3 saturated heterocycles. The Morgan fingerprint density at radius 2 is 1.85 bits per heavy atom. The Labute approximate surface area is 279 Å². The molecular weight excluding hydrogens is 613 g/mol. The second-order valence-corrected chi connectivity index (χ2v) is 12.7. The van der Waals surface area contributed by atoms with Gasteiger partial charge in [0.15, 0.2) is 6.23 Å². The van der Waals surface area contributed by atoms with Crippen molar-refractivity contribution >= 4 is 28.4 Å². The fourth-order valence-corrected chi connectivity index (χ4v) is 6.52. The van der Waals surface area contributed by atoms with Gasteiger partial charge >= 0.3 is 0 Å². The van der Waals surface area contributed by atoms with Crippen LogP contribution in [0, 0.1) is 0 Å². The first-order chi connectivity index (χ1) is 23.5. The minimum atomic E-state index is -1.30. The number of aliphatic hydroxyl groups excluding tert-OH is 1. The highest BCUT2D eigenvalue weighted by Crippen LogP contribution is 2.30. The number of carbonyl (C=O) groups excluding carboxylic acids is 1. The number of likely N-dealkylation sites (tertiary alicyclic amines) is 2. The van der Waals surface area contributed by atoms with E-state index in [1.165, 1.54) is 6.08 Å². The highest BCUT2D eigenvalue weighted by atomic mass is 19.1. The molecule has 12 nitrogen and oxygen atoms in total.